The summed E-state index contributed by atoms with van der Waals surface area (Å²) in [6, 6.07) is 4.00. The van der Waals surface area contributed by atoms with Crippen LogP contribution in [0.2, 0.25) is 0 Å². The molecule has 0 saturated carbocycles. The summed E-state index contributed by atoms with van der Waals surface area (Å²) < 4.78 is 0. The Kier molecular flexibility index (Phi) is 5.87. The highest BCUT2D eigenvalue weighted by Crippen LogP contribution is 2.19. The van der Waals surface area contributed by atoms with Crippen molar-refractivity contribution in [2.45, 2.75) is 46.1 Å². The van der Waals surface area contributed by atoms with E-state index >= 15 is 0 Å². The maximum atomic E-state index is 12.4. The molecule has 4 heteroatoms. The summed E-state index contributed by atoms with van der Waals surface area (Å²) in [5, 5.41) is 10.5. The normalized spacial score (nSPS) is 11.9. The Bertz CT molecular complexity index is 433. The standard InChI is InChI=1S/C14H20N2OS/c1-4-6-7-16(11(3)5-2)14(17)13-8-12(9-15)10-18-13/h8,10-11H,4-7H2,1-3H3. The molecule has 0 aliphatic carbocycles. The van der Waals surface area contributed by atoms with Gasteiger partial charge in [0.1, 0.15) is 6.07 Å². The zero-order valence-corrected chi connectivity index (χ0v) is 12.1. The molecule has 0 radical (unpaired) electrons. The number of hydrogen-bond donors (Lipinski definition) is 0. The molecule has 0 N–H and O–H groups in total. The zero-order valence-electron chi connectivity index (χ0n) is 11.3. The molecule has 1 aromatic heterocycles. The molecular formula is C14H20N2OS. The Morgan fingerprint density at radius 2 is 2.28 bits per heavy atom. The number of rotatable bonds is 6. The van der Waals surface area contributed by atoms with Gasteiger partial charge in [0.2, 0.25) is 0 Å². The van der Waals surface area contributed by atoms with Gasteiger partial charge in [0.25, 0.3) is 5.91 Å². The number of hydrogen-bond acceptors (Lipinski definition) is 3. The summed E-state index contributed by atoms with van der Waals surface area (Å²) in [7, 11) is 0. The Morgan fingerprint density at radius 1 is 1.56 bits per heavy atom. The van der Waals surface area contributed by atoms with Gasteiger partial charge in [0.05, 0.1) is 10.4 Å². The maximum absolute atomic E-state index is 12.4. The first-order chi connectivity index (χ1) is 8.63. The SMILES string of the molecule is CCCCN(C(=O)c1cc(C#N)cs1)C(C)CC. The van der Waals surface area contributed by atoms with Crippen LogP contribution in [-0.4, -0.2) is 23.4 Å². The maximum Gasteiger partial charge on any atom is 0.264 e. The second kappa shape index (κ2) is 7.17. The third kappa shape index (κ3) is 3.58. The molecule has 0 aliphatic rings. The van der Waals surface area contributed by atoms with E-state index in [9.17, 15) is 4.79 Å². The third-order valence-corrected chi connectivity index (χ3v) is 3.99. The van der Waals surface area contributed by atoms with Gasteiger partial charge in [-0.05, 0) is 25.8 Å². The van der Waals surface area contributed by atoms with Crippen molar-refractivity contribution in [2.75, 3.05) is 6.54 Å². The second-order valence-electron chi connectivity index (χ2n) is 4.42. The first-order valence-electron chi connectivity index (χ1n) is 6.43. The Morgan fingerprint density at radius 3 is 2.78 bits per heavy atom. The molecule has 1 aromatic rings. The molecule has 0 aliphatic heterocycles. The van der Waals surface area contributed by atoms with Crippen molar-refractivity contribution in [3.8, 4) is 6.07 Å². The average Bonchev–Trinajstić information content (AvgIpc) is 2.87. The second-order valence-corrected chi connectivity index (χ2v) is 5.33. The molecule has 18 heavy (non-hydrogen) atoms. The van der Waals surface area contributed by atoms with Gasteiger partial charge in [-0.15, -0.1) is 11.3 Å². The first kappa shape index (κ1) is 14.7. The monoisotopic (exact) mass is 264 g/mol. The fraction of sp³-hybridized carbons (Fsp3) is 0.571. The van der Waals surface area contributed by atoms with Crippen LogP contribution in [0.15, 0.2) is 11.4 Å². The third-order valence-electron chi connectivity index (χ3n) is 3.08. The minimum Gasteiger partial charge on any atom is -0.335 e. The van der Waals surface area contributed by atoms with Crippen molar-refractivity contribution in [1.82, 2.24) is 4.90 Å². The summed E-state index contributed by atoms with van der Waals surface area (Å²) in [6.07, 6.45) is 3.05. The Balaban J connectivity index is 2.84. The van der Waals surface area contributed by atoms with E-state index in [4.69, 9.17) is 5.26 Å². The van der Waals surface area contributed by atoms with E-state index in [1.54, 1.807) is 11.4 Å². The number of unbranched alkanes of at least 4 members (excludes halogenated alkanes) is 1. The molecule has 0 aromatic carbocycles. The molecule has 1 unspecified atom stereocenters. The van der Waals surface area contributed by atoms with Gasteiger partial charge in [-0.2, -0.15) is 5.26 Å². The molecule has 0 saturated heterocycles. The molecule has 1 heterocycles. The van der Waals surface area contributed by atoms with Crippen LogP contribution in [0.25, 0.3) is 0 Å². The van der Waals surface area contributed by atoms with Crippen molar-refractivity contribution in [1.29, 1.82) is 5.26 Å². The van der Waals surface area contributed by atoms with Crippen LogP contribution in [0, 0.1) is 11.3 Å². The number of carbonyl (C=O) groups excluding carboxylic acids is 1. The van der Waals surface area contributed by atoms with Gasteiger partial charge < -0.3 is 4.90 Å². The lowest BCUT2D eigenvalue weighted by molar-refractivity contribution is 0.0690. The van der Waals surface area contributed by atoms with Crippen LogP contribution in [0.5, 0.6) is 0 Å². The van der Waals surface area contributed by atoms with Gasteiger partial charge in [0.15, 0.2) is 0 Å². The van der Waals surface area contributed by atoms with E-state index in [0.717, 1.165) is 25.8 Å². The van der Waals surface area contributed by atoms with Crippen LogP contribution in [0.4, 0.5) is 0 Å². The molecule has 0 spiro atoms. The average molecular weight is 264 g/mol. The lowest BCUT2D eigenvalue weighted by Crippen LogP contribution is -2.38. The summed E-state index contributed by atoms with van der Waals surface area (Å²) in [5.74, 6) is 0.0595. The van der Waals surface area contributed by atoms with E-state index in [0.29, 0.717) is 10.4 Å². The quantitative estimate of drug-likeness (QED) is 0.787. The van der Waals surface area contributed by atoms with Crippen LogP contribution in [0.3, 0.4) is 0 Å². The highest BCUT2D eigenvalue weighted by molar-refractivity contribution is 7.12. The van der Waals surface area contributed by atoms with Crippen molar-refractivity contribution >= 4 is 17.2 Å². The van der Waals surface area contributed by atoms with Crippen LogP contribution >= 0.6 is 11.3 Å². The molecule has 0 fully saturated rings. The van der Waals surface area contributed by atoms with Crippen LogP contribution in [-0.2, 0) is 0 Å². The molecule has 1 amide bonds. The molecule has 1 atom stereocenters. The molecule has 1 rings (SSSR count). The number of nitriles is 1. The number of thiophene rings is 1. The van der Waals surface area contributed by atoms with E-state index in [1.165, 1.54) is 11.3 Å². The molecule has 3 nitrogen and oxygen atoms in total. The van der Waals surface area contributed by atoms with Crippen molar-refractivity contribution < 1.29 is 4.79 Å². The van der Waals surface area contributed by atoms with E-state index in [1.807, 2.05) is 4.90 Å². The van der Waals surface area contributed by atoms with Crippen molar-refractivity contribution in [3.05, 3.63) is 21.9 Å². The van der Waals surface area contributed by atoms with Gasteiger partial charge in [-0.1, -0.05) is 20.3 Å². The van der Waals surface area contributed by atoms with Crippen LogP contribution in [0.1, 0.15) is 55.3 Å². The zero-order chi connectivity index (χ0) is 13.5. The summed E-state index contributed by atoms with van der Waals surface area (Å²) in [4.78, 5) is 15.0. The van der Waals surface area contributed by atoms with Crippen molar-refractivity contribution in [3.63, 3.8) is 0 Å². The number of nitrogens with zero attached hydrogens (tertiary/aromatic N) is 2. The highest BCUT2D eigenvalue weighted by atomic mass is 32.1. The lowest BCUT2D eigenvalue weighted by Gasteiger charge is -2.28. The molecular weight excluding hydrogens is 244 g/mol. The smallest absolute Gasteiger partial charge is 0.264 e. The molecule has 98 valence electrons. The first-order valence-corrected chi connectivity index (χ1v) is 7.31. The fourth-order valence-corrected chi connectivity index (χ4v) is 2.51. The topological polar surface area (TPSA) is 44.1 Å². The minimum absolute atomic E-state index is 0.0595. The van der Waals surface area contributed by atoms with Gasteiger partial charge >= 0.3 is 0 Å². The Labute approximate surface area is 113 Å². The van der Waals surface area contributed by atoms with E-state index in [-0.39, 0.29) is 11.9 Å². The van der Waals surface area contributed by atoms with Gasteiger partial charge in [-0.3, -0.25) is 4.79 Å². The summed E-state index contributed by atoms with van der Waals surface area (Å²) >= 11 is 1.36. The van der Waals surface area contributed by atoms with Crippen molar-refractivity contribution in [2.24, 2.45) is 0 Å². The fourth-order valence-electron chi connectivity index (χ4n) is 1.72. The lowest BCUT2D eigenvalue weighted by atomic mass is 10.2. The van der Waals surface area contributed by atoms with Gasteiger partial charge in [-0.25, -0.2) is 0 Å². The minimum atomic E-state index is 0.0595. The van der Waals surface area contributed by atoms with Crippen LogP contribution < -0.4 is 0 Å². The van der Waals surface area contributed by atoms with Gasteiger partial charge in [0, 0.05) is 18.0 Å². The predicted octanol–water partition coefficient (Wildman–Crippen LogP) is 3.66. The van der Waals surface area contributed by atoms with E-state index < -0.39 is 0 Å². The number of amides is 1. The van der Waals surface area contributed by atoms with E-state index in [2.05, 4.69) is 26.8 Å². The highest BCUT2D eigenvalue weighted by Gasteiger charge is 2.21. The largest absolute Gasteiger partial charge is 0.335 e. The molecule has 0 bridgehead atoms. The summed E-state index contributed by atoms with van der Waals surface area (Å²) in [5.41, 5.74) is 0.572. The predicted molar refractivity (Wildman–Crippen MR) is 74.7 cm³/mol. The number of carbonyl (C=O) groups is 1. The summed E-state index contributed by atoms with van der Waals surface area (Å²) in [6.45, 7) is 7.08. The Hall–Kier alpha value is -1.34.